The van der Waals surface area contributed by atoms with Crippen LogP contribution in [0, 0.1) is 0 Å². The molecule has 8 heteroatoms. The number of carbonyl (C=O) groups is 1. The largest absolute Gasteiger partial charge is 0.341 e. The van der Waals surface area contributed by atoms with E-state index in [-0.39, 0.29) is 10.8 Å². The summed E-state index contributed by atoms with van der Waals surface area (Å²) in [5.74, 6) is 0.278. The number of nitrogens with zero attached hydrogens (tertiary/aromatic N) is 1. The molecule has 2 N–H and O–H groups in total. The van der Waals surface area contributed by atoms with Gasteiger partial charge in [0.2, 0.25) is 15.9 Å². The summed E-state index contributed by atoms with van der Waals surface area (Å²) in [6.07, 6.45) is 2.31. The van der Waals surface area contributed by atoms with Gasteiger partial charge in [0.15, 0.2) is 0 Å². The summed E-state index contributed by atoms with van der Waals surface area (Å²) in [6.45, 7) is 2.95. The Morgan fingerprint density at radius 2 is 1.67 bits per heavy atom. The van der Waals surface area contributed by atoms with E-state index in [1.807, 2.05) is 36.6 Å². The van der Waals surface area contributed by atoms with Crippen molar-refractivity contribution in [3.63, 3.8) is 0 Å². The molecule has 1 amide bonds. The number of nitrogens with one attached hydrogen (secondary N) is 2. The molecule has 1 unspecified atom stereocenters. The van der Waals surface area contributed by atoms with Crippen molar-refractivity contribution in [2.45, 2.75) is 30.8 Å². The first-order chi connectivity index (χ1) is 15.9. The van der Waals surface area contributed by atoms with E-state index in [4.69, 9.17) is 0 Å². The molecular formula is C25H27N3O3S2. The number of rotatable bonds is 9. The summed E-state index contributed by atoms with van der Waals surface area (Å²) >= 11 is 1.57. The molecule has 0 saturated heterocycles. The second-order valence-corrected chi connectivity index (χ2v) is 10.5. The first-order valence-electron chi connectivity index (χ1n) is 10.8. The maximum absolute atomic E-state index is 13.1. The Hall–Kier alpha value is -2.81. The lowest BCUT2D eigenvalue weighted by atomic mass is 10.1. The van der Waals surface area contributed by atoms with E-state index >= 15 is 0 Å². The van der Waals surface area contributed by atoms with Gasteiger partial charge in [0.05, 0.1) is 4.90 Å². The molecule has 0 bridgehead atoms. The monoisotopic (exact) mass is 481 g/mol. The number of aryl methyl sites for hydroxylation is 1. The van der Waals surface area contributed by atoms with Crippen LogP contribution in [0.4, 0.5) is 5.69 Å². The Balaban J connectivity index is 1.62. The number of hydrogen-bond donors (Lipinski definition) is 2. The Labute approximate surface area is 198 Å². The van der Waals surface area contributed by atoms with Gasteiger partial charge < -0.3 is 9.88 Å². The van der Waals surface area contributed by atoms with E-state index in [0.717, 1.165) is 28.4 Å². The van der Waals surface area contributed by atoms with E-state index in [1.165, 1.54) is 12.1 Å². The molecule has 1 heterocycles. The third kappa shape index (κ3) is 4.93. The minimum atomic E-state index is -3.81. The van der Waals surface area contributed by atoms with Gasteiger partial charge in [-0.05, 0) is 61.8 Å². The van der Waals surface area contributed by atoms with Gasteiger partial charge in [-0.1, -0.05) is 36.4 Å². The molecule has 172 valence electrons. The number of sulfonamides is 1. The lowest BCUT2D eigenvalue weighted by molar-refractivity contribution is -0.117. The van der Waals surface area contributed by atoms with Crippen LogP contribution in [-0.2, 0) is 21.4 Å². The van der Waals surface area contributed by atoms with Crippen LogP contribution in [0.1, 0.15) is 13.3 Å². The minimum Gasteiger partial charge on any atom is -0.341 e. The van der Waals surface area contributed by atoms with Crippen molar-refractivity contribution in [3.8, 4) is 0 Å². The summed E-state index contributed by atoms with van der Waals surface area (Å²) in [7, 11) is -3.81. The van der Waals surface area contributed by atoms with Gasteiger partial charge in [-0.15, -0.1) is 0 Å². The van der Waals surface area contributed by atoms with Gasteiger partial charge in [-0.3, -0.25) is 4.79 Å². The fourth-order valence-corrected chi connectivity index (χ4v) is 5.76. The zero-order chi connectivity index (χ0) is 23.4. The number of amides is 1. The maximum atomic E-state index is 13.1. The Bertz CT molecular complexity index is 1380. The number of thioether (sulfide) groups is 1. The maximum Gasteiger partial charge on any atom is 0.242 e. The molecule has 3 aromatic carbocycles. The smallest absolute Gasteiger partial charge is 0.242 e. The van der Waals surface area contributed by atoms with Crippen LogP contribution in [0.5, 0.6) is 0 Å². The van der Waals surface area contributed by atoms with Crippen LogP contribution in [-0.4, -0.2) is 36.9 Å². The molecule has 4 rings (SSSR count). The van der Waals surface area contributed by atoms with Crippen molar-refractivity contribution in [3.05, 3.63) is 72.8 Å². The third-order valence-electron chi connectivity index (χ3n) is 5.63. The number of para-hydroxylation sites is 1. The first kappa shape index (κ1) is 23.4. The fourth-order valence-electron chi connectivity index (χ4n) is 4.04. The van der Waals surface area contributed by atoms with Crippen molar-refractivity contribution >= 4 is 55.2 Å². The van der Waals surface area contributed by atoms with E-state index in [2.05, 4.69) is 33.7 Å². The fraction of sp³-hybridized carbons (Fsp3) is 0.240. The number of benzene rings is 3. The quantitative estimate of drug-likeness (QED) is 0.358. The number of aromatic nitrogens is 1. The molecule has 6 nitrogen and oxygen atoms in total. The van der Waals surface area contributed by atoms with Crippen LogP contribution in [0.15, 0.2) is 77.7 Å². The van der Waals surface area contributed by atoms with Crippen LogP contribution in [0.2, 0.25) is 0 Å². The van der Waals surface area contributed by atoms with Crippen LogP contribution in [0.25, 0.3) is 21.8 Å². The summed E-state index contributed by atoms with van der Waals surface area (Å²) in [4.78, 5) is 13.3. The number of fused-ring (bicyclic) bond motifs is 3. The third-order valence-corrected chi connectivity index (χ3v) is 7.77. The van der Waals surface area contributed by atoms with E-state index < -0.39 is 16.1 Å². The number of anilines is 1. The number of hydrogen-bond acceptors (Lipinski definition) is 4. The van der Waals surface area contributed by atoms with Crippen molar-refractivity contribution in [1.82, 2.24) is 9.29 Å². The molecule has 0 aliphatic carbocycles. The molecule has 0 saturated carbocycles. The Morgan fingerprint density at radius 3 is 2.39 bits per heavy atom. The highest BCUT2D eigenvalue weighted by atomic mass is 32.2. The first-order valence-corrected chi connectivity index (χ1v) is 13.7. The highest BCUT2D eigenvalue weighted by Crippen LogP contribution is 2.31. The van der Waals surface area contributed by atoms with Crippen molar-refractivity contribution < 1.29 is 13.2 Å². The van der Waals surface area contributed by atoms with Gasteiger partial charge in [0.1, 0.15) is 6.04 Å². The van der Waals surface area contributed by atoms with E-state index in [0.29, 0.717) is 17.9 Å². The average molecular weight is 482 g/mol. The number of carbonyl (C=O) groups excluding carboxylic acids is 1. The topological polar surface area (TPSA) is 80.2 Å². The normalized spacial score (nSPS) is 12.8. The van der Waals surface area contributed by atoms with Gasteiger partial charge >= 0.3 is 0 Å². The molecule has 0 radical (unpaired) electrons. The Morgan fingerprint density at radius 1 is 0.970 bits per heavy atom. The molecule has 0 aliphatic heterocycles. The van der Waals surface area contributed by atoms with E-state index in [1.54, 1.807) is 30.0 Å². The molecule has 0 fully saturated rings. The van der Waals surface area contributed by atoms with Crippen LogP contribution >= 0.6 is 11.8 Å². The van der Waals surface area contributed by atoms with Crippen molar-refractivity contribution in [2.75, 3.05) is 17.3 Å². The van der Waals surface area contributed by atoms with E-state index in [9.17, 15) is 13.2 Å². The highest BCUT2D eigenvalue weighted by molar-refractivity contribution is 7.98. The second kappa shape index (κ2) is 9.99. The summed E-state index contributed by atoms with van der Waals surface area (Å²) in [5, 5.41) is 5.10. The van der Waals surface area contributed by atoms with Crippen LogP contribution in [0.3, 0.4) is 0 Å². The second-order valence-electron chi connectivity index (χ2n) is 7.75. The summed E-state index contributed by atoms with van der Waals surface area (Å²) in [6, 6.07) is 21.2. The van der Waals surface area contributed by atoms with Gasteiger partial charge in [-0.25, -0.2) is 8.42 Å². The SMILES string of the molecule is CCn1c2ccccc2c2cc(NC(=O)C(CCSC)NS(=O)(=O)c3ccccc3)ccc21. The molecule has 1 atom stereocenters. The molecule has 33 heavy (non-hydrogen) atoms. The predicted octanol–water partition coefficient (Wildman–Crippen LogP) is 4.85. The lowest BCUT2D eigenvalue weighted by Crippen LogP contribution is -2.44. The zero-order valence-electron chi connectivity index (χ0n) is 18.6. The minimum absolute atomic E-state index is 0.140. The van der Waals surface area contributed by atoms with Gasteiger partial charge in [0.25, 0.3) is 0 Å². The average Bonchev–Trinajstić information content (AvgIpc) is 3.15. The summed E-state index contributed by atoms with van der Waals surface area (Å²) in [5.41, 5.74) is 2.88. The molecule has 0 aliphatic rings. The summed E-state index contributed by atoms with van der Waals surface area (Å²) < 4.78 is 30.5. The Kier molecular flexibility index (Phi) is 7.07. The molecule has 4 aromatic rings. The molecular weight excluding hydrogens is 454 g/mol. The van der Waals surface area contributed by atoms with Crippen LogP contribution < -0.4 is 10.0 Å². The zero-order valence-corrected chi connectivity index (χ0v) is 20.2. The predicted molar refractivity (Wildman–Crippen MR) is 137 cm³/mol. The van der Waals surface area contributed by atoms with Crippen molar-refractivity contribution in [1.29, 1.82) is 0 Å². The van der Waals surface area contributed by atoms with Crippen molar-refractivity contribution in [2.24, 2.45) is 0 Å². The van der Waals surface area contributed by atoms with Gasteiger partial charge in [-0.2, -0.15) is 16.5 Å². The molecule has 1 aromatic heterocycles. The lowest BCUT2D eigenvalue weighted by Gasteiger charge is -2.18. The highest BCUT2D eigenvalue weighted by Gasteiger charge is 2.25. The standard InChI is InChI=1S/C25H27N3O3S2/c1-3-28-23-12-8-7-11-20(23)21-17-18(13-14-24(21)28)26-25(29)22(15-16-32-2)27-33(30,31)19-9-5-4-6-10-19/h4-14,17,22,27H,3,15-16H2,1-2H3,(H,26,29). The van der Waals surface area contributed by atoms with Gasteiger partial charge in [0, 0.05) is 34.0 Å². The molecule has 0 spiro atoms.